The number of aliphatic carboxylic acids is 1. The van der Waals surface area contributed by atoms with Crippen LogP contribution in [0.4, 0.5) is 0 Å². The second kappa shape index (κ2) is 6.05. The van der Waals surface area contributed by atoms with Crippen LogP contribution in [0.5, 0.6) is 0 Å². The Morgan fingerprint density at radius 2 is 2.05 bits per heavy atom. The van der Waals surface area contributed by atoms with Gasteiger partial charge in [-0.2, -0.15) is 4.31 Å². The Morgan fingerprint density at radius 1 is 1.42 bits per heavy atom. The number of sulfonamides is 1. The van der Waals surface area contributed by atoms with Crippen LogP contribution in [0.15, 0.2) is 11.6 Å². The van der Waals surface area contributed by atoms with Crippen molar-refractivity contribution < 1.29 is 18.3 Å². The van der Waals surface area contributed by atoms with E-state index in [0.717, 1.165) is 6.42 Å². The van der Waals surface area contributed by atoms with Crippen LogP contribution in [0.2, 0.25) is 0 Å². The molecule has 1 aliphatic heterocycles. The van der Waals surface area contributed by atoms with Crippen LogP contribution in [0.3, 0.4) is 0 Å². The Hall–Kier alpha value is -0.880. The number of carboxylic acid groups (broad SMARTS) is 1. The molecule has 0 unspecified atom stereocenters. The number of rotatable bonds is 5. The van der Waals surface area contributed by atoms with Crippen molar-refractivity contribution in [3.8, 4) is 0 Å². The molecule has 0 aliphatic carbocycles. The Morgan fingerprint density at radius 3 is 2.47 bits per heavy atom. The molecular weight excluding hydrogens is 266 g/mol. The zero-order valence-electron chi connectivity index (χ0n) is 11.8. The monoisotopic (exact) mass is 289 g/mol. The first-order valence-electron chi connectivity index (χ1n) is 6.52. The van der Waals surface area contributed by atoms with Crippen LogP contribution in [0.25, 0.3) is 0 Å². The average molecular weight is 289 g/mol. The SMILES string of the molecule is CC(C)(C)C1=CCN(S(=O)(=O)CCCC(=O)O)CC1. The minimum Gasteiger partial charge on any atom is -0.481 e. The molecule has 0 saturated heterocycles. The highest BCUT2D eigenvalue weighted by atomic mass is 32.2. The summed E-state index contributed by atoms with van der Waals surface area (Å²) in [5.74, 6) is -1.04. The number of carbonyl (C=O) groups is 1. The first-order valence-corrected chi connectivity index (χ1v) is 8.13. The largest absolute Gasteiger partial charge is 0.481 e. The first kappa shape index (κ1) is 16.2. The predicted molar refractivity (Wildman–Crippen MR) is 74.4 cm³/mol. The third kappa shape index (κ3) is 4.95. The molecule has 0 aromatic carbocycles. The lowest BCUT2D eigenvalue weighted by Crippen LogP contribution is -2.37. The van der Waals surface area contributed by atoms with Crippen LogP contribution >= 0.6 is 0 Å². The molecule has 0 fully saturated rings. The first-order chi connectivity index (χ1) is 8.63. The fourth-order valence-corrected chi connectivity index (χ4v) is 3.56. The molecule has 0 atom stereocenters. The van der Waals surface area contributed by atoms with Crippen LogP contribution in [0.1, 0.15) is 40.0 Å². The van der Waals surface area contributed by atoms with E-state index in [9.17, 15) is 13.2 Å². The Labute approximate surface area is 115 Å². The quantitative estimate of drug-likeness (QED) is 0.784. The van der Waals surface area contributed by atoms with Gasteiger partial charge in [0.05, 0.1) is 5.75 Å². The van der Waals surface area contributed by atoms with Gasteiger partial charge >= 0.3 is 5.97 Å². The molecule has 1 aliphatic rings. The number of carboxylic acids is 1. The number of nitrogens with zero attached hydrogens (tertiary/aromatic N) is 1. The summed E-state index contributed by atoms with van der Waals surface area (Å²) in [6.45, 7) is 7.27. The van der Waals surface area contributed by atoms with Gasteiger partial charge in [-0.05, 0) is 18.3 Å². The van der Waals surface area contributed by atoms with Crippen molar-refractivity contribution >= 4 is 16.0 Å². The molecule has 0 amide bonds. The van der Waals surface area contributed by atoms with E-state index < -0.39 is 16.0 Å². The van der Waals surface area contributed by atoms with E-state index in [1.54, 1.807) is 0 Å². The van der Waals surface area contributed by atoms with Gasteiger partial charge in [0.25, 0.3) is 0 Å². The number of hydrogen-bond donors (Lipinski definition) is 1. The van der Waals surface area contributed by atoms with Crippen molar-refractivity contribution in [1.29, 1.82) is 0 Å². The molecule has 0 aromatic rings. The second-order valence-electron chi connectivity index (χ2n) is 5.90. The van der Waals surface area contributed by atoms with Crippen LogP contribution in [-0.4, -0.2) is 42.6 Å². The topological polar surface area (TPSA) is 74.7 Å². The van der Waals surface area contributed by atoms with E-state index in [0.29, 0.717) is 13.1 Å². The van der Waals surface area contributed by atoms with E-state index in [2.05, 4.69) is 20.8 Å². The van der Waals surface area contributed by atoms with Gasteiger partial charge in [0.15, 0.2) is 0 Å². The smallest absolute Gasteiger partial charge is 0.303 e. The lowest BCUT2D eigenvalue weighted by Gasteiger charge is -2.31. The van der Waals surface area contributed by atoms with Crippen molar-refractivity contribution in [3.63, 3.8) is 0 Å². The highest BCUT2D eigenvalue weighted by Gasteiger charge is 2.27. The summed E-state index contributed by atoms with van der Waals surface area (Å²) < 4.78 is 25.5. The van der Waals surface area contributed by atoms with Crippen LogP contribution in [-0.2, 0) is 14.8 Å². The third-order valence-electron chi connectivity index (χ3n) is 3.32. The maximum atomic E-state index is 12.0. The third-order valence-corrected chi connectivity index (χ3v) is 5.24. The molecule has 0 saturated carbocycles. The molecule has 1 N–H and O–H groups in total. The molecule has 0 spiro atoms. The second-order valence-corrected chi connectivity index (χ2v) is 7.99. The summed E-state index contributed by atoms with van der Waals surface area (Å²) in [5, 5.41) is 8.53. The molecule has 110 valence electrons. The summed E-state index contributed by atoms with van der Waals surface area (Å²) in [7, 11) is -3.32. The lowest BCUT2D eigenvalue weighted by molar-refractivity contribution is -0.137. The van der Waals surface area contributed by atoms with E-state index in [1.165, 1.54) is 9.88 Å². The highest BCUT2D eigenvalue weighted by Crippen LogP contribution is 2.30. The van der Waals surface area contributed by atoms with Gasteiger partial charge in [-0.15, -0.1) is 0 Å². The highest BCUT2D eigenvalue weighted by molar-refractivity contribution is 7.89. The normalized spacial score (nSPS) is 18.2. The van der Waals surface area contributed by atoms with E-state index in [1.807, 2.05) is 6.08 Å². The van der Waals surface area contributed by atoms with Crippen molar-refractivity contribution in [2.24, 2.45) is 5.41 Å². The van der Waals surface area contributed by atoms with Crippen LogP contribution in [0, 0.1) is 5.41 Å². The minimum atomic E-state index is -3.32. The van der Waals surface area contributed by atoms with Gasteiger partial charge in [0.2, 0.25) is 10.0 Å². The van der Waals surface area contributed by atoms with Gasteiger partial charge in [-0.25, -0.2) is 8.42 Å². The van der Waals surface area contributed by atoms with E-state index >= 15 is 0 Å². The fourth-order valence-electron chi connectivity index (χ4n) is 2.12. The zero-order chi connectivity index (χ0) is 14.7. The molecule has 0 radical (unpaired) electrons. The summed E-state index contributed by atoms with van der Waals surface area (Å²) in [4.78, 5) is 10.4. The average Bonchev–Trinajstić information content (AvgIpc) is 2.27. The summed E-state index contributed by atoms with van der Waals surface area (Å²) in [6.07, 6.45) is 2.81. The fraction of sp³-hybridized carbons (Fsp3) is 0.769. The maximum Gasteiger partial charge on any atom is 0.303 e. The van der Waals surface area contributed by atoms with Gasteiger partial charge < -0.3 is 5.11 Å². The van der Waals surface area contributed by atoms with E-state index in [4.69, 9.17) is 5.11 Å². The van der Waals surface area contributed by atoms with Gasteiger partial charge in [0.1, 0.15) is 0 Å². The molecule has 5 nitrogen and oxygen atoms in total. The molecule has 0 aromatic heterocycles. The van der Waals surface area contributed by atoms with Crippen molar-refractivity contribution in [3.05, 3.63) is 11.6 Å². The van der Waals surface area contributed by atoms with Gasteiger partial charge in [-0.1, -0.05) is 32.4 Å². The van der Waals surface area contributed by atoms with Crippen molar-refractivity contribution in [2.45, 2.75) is 40.0 Å². The predicted octanol–water partition coefficient (Wildman–Crippen LogP) is 1.86. The van der Waals surface area contributed by atoms with Gasteiger partial charge in [-0.3, -0.25) is 4.79 Å². The Bertz CT molecular complexity index is 460. The number of hydrogen-bond acceptors (Lipinski definition) is 3. The zero-order valence-corrected chi connectivity index (χ0v) is 12.7. The van der Waals surface area contributed by atoms with Crippen LogP contribution < -0.4 is 0 Å². The molecular formula is C13H23NO4S. The minimum absolute atomic E-state index is 0.0825. The molecule has 0 bridgehead atoms. The molecule has 6 heteroatoms. The molecule has 19 heavy (non-hydrogen) atoms. The Kier molecular flexibility index (Phi) is 5.15. The van der Waals surface area contributed by atoms with Gasteiger partial charge in [0, 0.05) is 19.5 Å². The van der Waals surface area contributed by atoms with Crippen molar-refractivity contribution in [2.75, 3.05) is 18.8 Å². The summed E-state index contributed by atoms with van der Waals surface area (Å²) in [6, 6.07) is 0. The standard InChI is InChI=1S/C13H23NO4S/c1-13(2,3)11-6-8-14(9-7-11)19(17,18)10-4-5-12(15)16/h6H,4-5,7-10H2,1-3H3,(H,15,16). The molecule has 1 rings (SSSR count). The van der Waals surface area contributed by atoms with Crippen molar-refractivity contribution in [1.82, 2.24) is 4.31 Å². The maximum absolute atomic E-state index is 12.0. The lowest BCUT2D eigenvalue weighted by atomic mass is 9.83. The summed E-state index contributed by atoms with van der Waals surface area (Å²) >= 11 is 0. The summed E-state index contributed by atoms with van der Waals surface area (Å²) in [5.41, 5.74) is 1.36. The molecule has 1 heterocycles. The van der Waals surface area contributed by atoms with E-state index in [-0.39, 0.29) is 24.0 Å². The Balaban J connectivity index is 2.59.